The van der Waals surface area contributed by atoms with Crippen molar-refractivity contribution >= 4 is 30.5 Å². The maximum atomic E-state index is 14.1. The zero-order chi connectivity index (χ0) is 39.0. The van der Waals surface area contributed by atoms with E-state index in [2.05, 4.69) is 84.2 Å². The summed E-state index contributed by atoms with van der Waals surface area (Å²) in [7, 11) is -0.334. The van der Waals surface area contributed by atoms with Crippen LogP contribution < -0.4 is 24.9 Å². The highest BCUT2D eigenvalue weighted by molar-refractivity contribution is 6.91. The van der Waals surface area contributed by atoms with Gasteiger partial charge in [-0.05, 0) is 117 Å². The number of benzene rings is 3. The number of unbranched alkanes of at least 4 members (excludes halogenated alkanes) is 1. The quantitative estimate of drug-likeness (QED) is 0.0827. The largest absolute Gasteiger partial charge is 0.497 e. The Morgan fingerprint density at radius 1 is 0.964 bits per heavy atom. The van der Waals surface area contributed by atoms with Gasteiger partial charge in [0.1, 0.15) is 11.5 Å². The molecule has 0 radical (unpaired) electrons. The van der Waals surface area contributed by atoms with Gasteiger partial charge in [-0.2, -0.15) is 0 Å². The number of carbonyl (C=O) groups excluding carboxylic acids is 1. The predicted octanol–water partition coefficient (Wildman–Crippen LogP) is 5.58. The van der Waals surface area contributed by atoms with Crippen molar-refractivity contribution < 1.29 is 29.2 Å². The molecule has 1 fully saturated rings. The molecule has 3 heterocycles. The number of methoxy groups -OCH3 is 1. The minimum atomic E-state index is -2.04. The third kappa shape index (κ3) is 9.49. The molecule has 0 bridgehead atoms. The van der Waals surface area contributed by atoms with E-state index in [1.807, 2.05) is 40.9 Å². The summed E-state index contributed by atoms with van der Waals surface area (Å²) in [4.78, 5) is 16.0. The van der Waals surface area contributed by atoms with Gasteiger partial charge in [0.2, 0.25) is 5.91 Å². The first-order chi connectivity index (χ1) is 26.7. The zero-order valence-corrected chi connectivity index (χ0v) is 34.1. The number of carbonyl (C=O) groups is 1. The molecule has 2 aliphatic rings. The number of hydrogen-bond donors (Lipinski definition) is 3. The fourth-order valence-corrected chi connectivity index (χ4v) is 12.8. The molecule has 12 heteroatoms. The van der Waals surface area contributed by atoms with Crippen LogP contribution in [0.3, 0.4) is 0 Å². The summed E-state index contributed by atoms with van der Waals surface area (Å²) < 4.78 is 20.2. The van der Waals surface area contributed by atoms with E-state index in [1.54, 1.807) is 7.11 Å². The molecular formula is C43H59N5O6Si. The number of anilines is 2. The van der Waals surface area contributed by atoms with Gasteiger partial charge in [-0.15, -0.1) is 5.10 Å². The Hall–Kier alpha value is -4.07. The van der Waals surface area contributed by atoms with Crippen LogP contribution in [0.25, 0.3) is 0 Å². The molecule has 3 N–H and O–H groups in total. The van der Waals surface area contributed by atoms with Crippen LogP contribution in [0.2, 0.25) is 18.6 Å². The number of rotatable bonds is 19. The van der Waals surface area contributed by atoms with Crippen LogP contribution in [0.15, 0.2) is 72.9 Å². The van der Waals surface area contributed by atoms with Gasteiger partial charge in [-0.1, -0.05) is 54.7 Å². The van der Waals surface area contributed by atoms with Crippen LogP contribution in [0.1, 0.15) is 56.4 Å². The van der Waals surface area contributed by atoms with Crippen LogP contribution in [0, 0.1) is 5.92 Å². The van der Waals surface area contributed by atoms with Crippen molar-refractivity contribution in [3.05, 3.63) is 89.7 Å². The lowest BCUT2D eigenvalue weighted by Crippen LogP contribution is -2.50. The van der Waals surface area contributed by atoms with Gasteiger partial charge >= 0.3 is 0 Å². The molecule has 1 amide bonds. The normalized spacial score (nSPS) is 21.2. The molecule has 6 rings (SSSR count). The number of aromatic nitrogens is 3. The Morgan fingerprint density at radius 3 is 2.51 bits per heavy atom. The fourth-order valence-electron chi connectivity index (χ4n) is 8.73. The fraction of sp³-hybridized carbons (Fsp3) is 0.512. The van der Waals surface area contributed by atoms with Crippen LogP contribution in [-0.2, 0) is 35.3 Å². The number of amides is 1. The summed E-state index contributed by atoms with van der Waals surface area (Å²) in [6.07, 6.45) is 7.16. The Labute approximate surface area is 327 Å². The molecule has 5 atom stereocenters. The Balaban J connectivity index is 1.21. The van der Waals surface area contributed by atoms with Crippen molar-refractivity contribution in [2.75, 3.05) is 38.4 Å². The number of nitrogens with one attached hydrogen (secondary N) is 1. The number of hydrogen-bond acceptors (Lipinski definition) is 9. The smallest absolute Gasteiger partial charge is 0.249 e. The molecule has 0 spiro atoms. The molecule has 55 heavy (non-hydrogen) atoms. The van der Waals surface area contributed by atoms with E-state index >= 15 is 0 Å². The maximum absolute atomic E-state index is 14.1. The Kier molecular flexibility index (Phi) is 13.8. The van der Waals surface area contributed by atoms with Gasteiger partial charge in [0.15, 0.2) is 0 Å². The van der Waals surface area contributed by atoms with Crippen LogP contribution in [-0.4, -0.2) is 90.9 Å². The van der Waals surface area contributed by atoms with Gasteiger partial charge in [-0.25, -0.2) is 0 Å². The molecule has 4 aromatic rings. The first-order valence-electron chi connectivity index (χ1n) is 20.0. The Morgan fingerprint density at radius 2 is 1.76 bits per heavy atom. The number of ether oxygens (including phenoxy) is 3. The van der Waals surface area contributed by atoms with Gasteiger partial charge in [-0.3, -0.25) is 14.4 Å². The lowest BCUT2D eigenvalue weighted by atomic mass is 9.94. The third-order valence-electron chi connectivity index (χ3n) is 11.6. The van der Waals surface area contributed by atoms with E-state index in [4.69, 9.17) is 14.2 Å². The Bertz CT molecular complexity index is 1850. The predicted molar refractivity (Wildman–Crippen MR) is 218 cm³/mol. The first-order valence-corrected chi connectivity index (χ1v) is 23.1. The van der Waals surface area contributed by atoms with Crippen LogP contribution >= 0.6 is 0 Å². The van der Waals surface area contributed by atoms with Gasteiger partial charge < -0.3 is 29.7 Å². The highest BCUT2D eigenvalue weighted by atomic mass is 28.3. The molecule has 2 aliphatic heterocycles. The highest BCUT2D eigenvalue weighted by Crippen LogP contribution is 2.47. The number of aryl methyl sites for hydroxylation is 2. The van der Waals surface area contributed by atoms with E-state index in [9.17, 15) is 15.0 Å². The second-order valence-electron chi connectivity index (χ2n) is 15.5. The van der Waals surface area contributed by atoms with E-state index in [0.717, 1.165) is 65.4 Å². The monoisotopic (exact) mass is 769 g/mol. The van der Waals surface area contributed by atoms with Crippen LogP contribution in [0.5, 0.6) is 11.5 Å². The summed E-state index contributed by atoms with van der Waals surface area (Å²) in [5.41, 5.74) is 5.15. The van der Waals surface area contributed by atoms with Crippen molar-refractivity contribution in [2.24, 2.45) is 5.92 Å². The second-order valence-corrected chi connectivity index (χ2v) is 20.2. The molecule has 0 aliphatic carbocycles. The van der Waals surface area contributed by atoms with Crippen molar-refractivity contribution in [3.8, 4) is 11.5 Å². The summed E-state index contributed by atoms with van der Waals surface area (Å²) >= 11 is 0. The molecule has 0 saturated carbocycles. The minimum Gasteiger partial charge on any atom is -0.497 e. The van der Waals surface area contributed by atoms with Crippen molar-refractivity contribution in [1.29, 1.82) is 0 Å². The van der Waals surface area contributed by atoms with Gasteiger partial charge in [0, 0.05) is 38.1 Å². The number of aliphatic hydroxyl groups excluding tert-OH is 2. The molecule has 3 aromatic carbocycles. The van der Waals surface area contributed by atoms with Gasteiger partial charge in [0.05, 0.1) is 51.4 Å². The van der Waals surface area contributed by atoms with Crippen molar-refractivity contribution in [1.82, 2.24) is 20.3 Å². The number of aliphatic hydroxyl groups is 2. The number of fused-ring (bicyclic) bond motifs is 1. The topological polar surface area (TPSA) is 131 Å². The average Bonchev–Trinajstić information content (AvgIpc) is 3.78. The SMILES string of the molecule is CCOc1ccc2c(c1)CC(NCCCCO)C(=O)N2c1cccc(CC[C@H]2O[C@@H](CCn3cc(CCO)nn3)[C@H]([Si](C)(C)c3ccc(OC)cc3)[C@H]2C)c1. The first kappa shape index (κ1) is 40.6. The van der Waals surface area contributed by atoms with E-state index < -0.39 is 8.07 Å². The van der Waals surface area contributed by atoms with E-state index in [0.29, 0.717) is 50.4 Å². The lowest BCUT2D eigenvalue weighted by Gasteiger charge is -2.36. The summed E-state index contributed by atoms with van der Waals surface area (Å²) in [6.45, 7) is 11.4. The average molecular weight is 770 g/mol. The minimum absolute atomic E-state index is 0.0258. The molecule has 1 unspecified atom stereocenters. The molecule has 1 aromatic heterocycles. The molecule has 1 saturated heterocycles. The third-order valence-corrected chi connectivity index (χ3v) is 16.0. The standard InChI is InChI=1S/C43H59N5O6Si/c1-6-53-36-15-18-39-32(27-36)28-38(44-22-7-8-24-49)43(51)48(39)34-11-9-10-31(26-34)12-19-40-30(2)42(55(4,5)37-16-13-35(52-3)14-17-37)41(54-40)20-23-47-29-33(21-25-50)45-46-47/h9-11,13-18,26-27,29-30,38,40-42,44,49-50H,6-8,12,19-25,28H2,1-5H3/t30-,38?,40+,41-,42+/m0/s1. The molecular weight excluding hydrogens is 711 g/mol. The molecule has 296 valence electrons. The molecule has 11 nitrogen and oxygen atoms in total. The van der Waals surface area contributed by atoms with E-state index in [1.165, 1.54) is 5.19 Å². The number of nitrogens with zero attached hydrogens (tertiary/aromatic N) is 4. The summed E-state index contributed by atoms with van der Waals surface area (Å²) in [6, 6.07) is 22.6. The second kappa shape index (κ2) is 18.7. The highest BCUT2D eigenvalue weighted by Gasteiger charge is 2.50. The summed E-state index contributed by atoms with van der Waals surface area (Å²) in [5.74, 6) is 2.03. The maximum Gasteiger partial charge on any atom is 0.249 e. The zero-order valence-electron chi connectivity index (χ0n) is 33.1. The van der Waals surface area contributed by atoms with Gasteiger partial charge in [0.25, 0.3) is 0 Å². The van der Waals surface area contributed by atoms with Crippen molar-refractivity contribution in [2.45, 2.75) is 102 Å². The van der Waals surface area contributed by atoms with E-state index in [-0.39, 0.29) is 37.4 Å². The lowest BCUT2D eigenvalue weighted by molar-refractivity contribution is -0.120. The summed E-state index contributed by atoms with van der Waals surface area (Å²) in [5, 5.41) is 32.1. The van der Waals surface area contributed by atoms with Crippen molar-refractivity contribution in [3.63, 3.8) is 0 Å². The van der Waals surface area contributed by atoms with Crippen LogP contribution in [0.4, 0.5) is 11.4 Å².